The molecule has 0 bridgehead atoms. The molecular weight excluding hydrogens is 452 g/mol. The lowest BCUT2D eigenvalue weighted by molar-refractivity contribution is -0.134. The average Bonchev–Trinajstić information content (AvgIpc) is 3.34. The summed E-state index contributed by atoms with van der Waals surface area (Å²) >= 11 is 0. The van der Waals surface area contributed by atoms with Crippen LogP contribution in [0.4, 0.5) is 0 Å². The number of fused-ring (bicyclic) bond motifs is 1. The predicted octanol–water partition coefficient (Wildman–Crippen LogP) is 5.60. The standard InChI is InChI=1S/C30H34N2O4/c1-5-15-31-30(34)27-13-12-25(36-27)19-35-24-11-10-22-14-16-32(28(33)17-20(2)3)29(26(22)18-24)23-8-6-21(4)7-9-23/h5-13,18,20,29H,1,14-17,19H2,2-4H3,(H,31,34)/t29-/m1/s1. The number of nitrogens with one attached hydrogen (secondary N) is 1. The van der Waals surface area contributed by atoms with Crippen LogP contribution in [0.3, 0.4) is 0 Å². The highest BCUT2D eigenvalue weighted by atomic mass is 16.5. The van der Waals surface area contributed by atoms with Crippen molar-refractivity contribution in [1.29, 1.82) is 0 Å². The van der Waals surface area contributed by atoms with Gasteiger partial charge in [-0.05, 0) is 60.2 Å². The van der Waals surface area contributed by atoms with Crippen molar-refractivity contribution in [3.8, 4) is 5.75 Å². The quantitative estimate of drug-likeness (QED) is 0.400. The Hall–Kier alpha value is -3.80. The van der Waals surface area contributed by atoms with Gasteiger partial charge in [0.25, 0.3) is 5.91 Å². The number of benzene rings is 2. The Kier molecular flexibility index (Phi) is 7.93. The second-order valence-electron chi connectivity index (χ2n) is 9.66. The van der Waals surface area contributed by atoms with Gasteiger partial charge in [-0.25, -0.2) is 0 Å². The van der Waals surface area contributed by atoms with E-state index in [1.54, 1.807) is 18.2 Å². The number of hydrogen-bond donors (Lipinski definition) is 1. The van der Waals surface area contributed by atoms with Crippen molar-refractivity contribution in [2.45, 2.75) is 46.3 Å². The van der Waals surface area contributed by atoms with Crippen molar-refractivity contribution in [2.75, 3.05) is 13.1 Å². The van der Waals surface area contributed by atoms with Crippen molar-refractivity contribution >= 4 is 11.8 Å². The molecule has 2 amide bonds. The number of carbonyl (C=O) groups excluding carboxylic acids is 2. The van der Waals surface area contributed by atoms with Gasteiger partial charge in [-0.15, -0.1) is 6.58 Å². The number of hydrogen-bond acceptors (Lipinski definition) is 4. The first kappa shape index (κ1) is 25.3. The summed E-state index contributed by atoms with van der Waals surface area (Å²) < 4.78 is 11.7. The molecule has 6 nitrogen and oxygen atoms in total. The molecule has 1 atom stereocenters. The first-order valence-electron chi connectivity index (χ1n) is 12.4. The van der Waals surface area contributed by atoms with Crippen LogP contribution in [0, 0.1) is 12.8 Å². The minimum Gasteiger partial charge on any atom is -0.486 e. The third-order valence-corrected chi connectivity index (χ3v) is 6.32. The van der Waals surface area contributed by atoms with Gasteiger partial charge in [0, 0.05) is 19.5 Å². The number of furan rings is 1. The average molecular weight is 487 g/mol. The van der Waals surface area contributed by atoms with Crippen LogP contribution in [0.15, 0.2) is 71.7 Å². The monoisotopic (exact) mass is 486 g/mol. The van der Waals surface area contributed by atoms with Gasteiger partial charge in [-0.1, -0.05) is 55.8 Å². The van der Waals surface area contributed by atoms with Gasteiger partial charge in [0.15, 0.2) is 5.76 Å². The van der Waals surface area contributed by atoms with Crippen LogP contribution in [0.5, 0.6) is 5.75 Å². The van der Waals surface area contributed by atoms with E-state index in [9.17, 15) is 9.59 Å². The highest BCUT2D eigenvalue weighted by Gasteiger charge is 2.32. The van der Waals surface area contributed by atoms with Crippen LogP contribution in [-0.4, -0.2) is 29.8 Å². The molecule has 1 aliphatic heterocycles. The molecule has 4 rings (SSSR count). The molecule has 6 heteroatoms. The van der Waals surface area contributed by atoms with E-state index in [1.807, 2.05) is 17.0 Å². The van der Waals surface area contributed by atoms with E-state index in [4.69, 9.17) is 9.15 Å². The molecule has 2 heterocycles. The molecule has 0 saturated heterocycles. The van der Waals surface area contributed by atoms with Crippen LogP contribution >= 0.6 is 0 Å². The number of nitrogens with zero attached hydrogens (tertiary/aromatic N) is 1. The van der Waals surface area contributed by atoms with Crippen molar-refractivity contribution in [3.05, 3.63) is 101 Å². The molecule has 188 valence electrons. The topological polar surface area (TPSA) is 71.8 Å². The van der Waals surface area contributed by atoms with Gasteiger partial charge >= 0.3 is 0 Å². The highest BCUT2D eigenvalue weighted by molar-refractivity contribution is 5.91. The summed E-state index contributed by atoms with van der Waals surface area (Å²) in [5.74, 6) is 1.66. The lowest BCUT2D eigenvalue weighted by Gasteiger charge is -2.38. The van der Waals surface area contributed by atoms with Crippen molar-refractivity contribution in [1.82, 2.24) is 10.2 Å². The predicted molar refractivity (Wildman–Crippen MR) is 140 cm³/mol. The number of ether oxygens (including phenoxy) is 1. The van der Waals surface area contributed by atoms with Gasteiger partial charge < -0.3 is 19.4 Å². The lowest BCUT2D eigenvalue weighted by atomic mass is 9.87. The summed E-state index contributed by atoms with van der Waals surface area (Å²) in [6.45, 7) is 11.1. The third kappa shape index (κ3) is 5.88. The fourth-order valence-electron chi connectivity index (χ4n) is 4.51. The molecule has 36 heavy (non-hydrogen) atoms. The second kappa shape index (κ2) is 11.3. The zero-order chi connectivity index (χ0) is 25.7. The Morgan fingerprint density at radius 1 is 1.17 bits per heavy atom. The maximum atomic E-state index is 13.2. The number of amides is 2. The van der Waals surface area contributed by atoms with Gasteiger partial charge in [0.2, 0.25) is 5.91 Å². The van der Waals surface area contributed by atoms with Crippen molar-refractivity contribution < 1.29 is 18.7 Å². The first-order valence-corrected chi connectivity index (χ1v) is 12.4. The van der Waals surface area contributed by atoms with Gasteiger partial charge in [0.1, 0.15) is 18.1 Å². The Morgan fingerprint density at radius 3 is 2.67 bits per heavy atom. The summed E-state index contributed by atoms with van der Waals surface area (Å²) in [5, 5.41) is 2.69. The summed E-state index contributed by atoms with van der Waals surface area (Å²) in [6, 6.07) is 17.7. The van der Waals surface area contributed by atoms with Crippen LogP contribution in [0.25, 0.3) is 0 Å². The minimum atomic E-state index is -0.290. The largest absolute Gasteiger partial charge is 0.486 e. The molecule has 1 aromatic heterocycles. The summed E-state index contributed by atoms with van der Waals surface area (Å²) in [4.78, 5) is 27.3. The highest BCUT2D eigenvalue weighted by Crippen LogP contribution is 2.38. The zero-order valence-corrected chi connectivity index (χ0v) is 21.3. The maximum Gasteiger partial charge on any atom is 0.287 e. The minimum absolute atomic E-state index is 0.159. The van der Waals surface area contributed by atoms with Crippen LogP contribution in [-0.2, 0) is 17.8 Å². The summed E-state index contributed by atoms with van der Waals surface area (Å²) in [7, 11) is 0. The Morgan fingerprint density at radius 2 is 1.94 bits per heavy atom. The summed E-state index contributed by atoms with van der Waals surface area (Å²) in [6.07, 6.45) is 2.95. The van der Waals surface area contributed by atoms with Gasteiger partial charge in [-0.2, -0.15) is 0 Å². The molecular formula is C30H34N2O4. The lowest BCUT2D eigenvalue weighted by Crippen LogP contribution is -2.41. The second-order valence-corrected chi connectivity index (χ2v) is 9.66. The number of rotatable bonds is 9. The van der Waals surface area contributed by atoms with Crippen LogP contribution < -0.4 is 10.1 Å². The van der Waals surface area contributed by atoms with E-state index >= 15 is 0 Å². The molecule has 1 aliphatic rings. The molecule has 0 spiro atoms. The first-order chi connectivity index (χ1) is 17.4. The molecule has 1 N–H and O–H groups in total. The molecule has 0 radical (unpaired) electrons. The van der Waals surface area contributed by atoms with E-state index in [-0.39, 0.29) is 30.2 Å². The van der Waals surface area contributed by atoms with E-state index in [0.29, 0.717) is 36.9 Å². The fraction of sp³-hybridized carbons (Fsp3) is 0.333. The fourth-order valence-corrected chi connectivity index (χ4v) is 4.51. The SMILES string of the molecule is C=CCNC(=O)c1ccc(COc2ccc3c(c2)[C@@H](c2ccc(C)cc2)N(C(=O)CC(C)C)CC3)o1. The molecule has 0 saturated carbocycles. The normalized spacial score (nSPS) is 14.9. The number of aryl methyl sites for hydroxylation is 1. The van der Waals surface area contributed by atoms with Crippen LogP contribution in [0.1, 0.15) is 64.9 Å². The Bertz CT molecular complexity index is 1230. The molecule has 2 aromatic carbocycles. The van der Waals surface area contributed by atoms with Gasteiger partial charge in [-0.3, -0.25) is 9.59 Å². The van der Waals surface area contributed by atoms with E-state index in [0.717, 1.165) is 17.5 Å². The smallest absolute Gasteiger partial charge is 0.287 e. The zero-order valence-electron chi connectivity index (χ0n) is 21.3. The van der Waals surface area contributed by atoms with Crippen molar-refractivity contribution in [3.63, 3.8) is 0 Å². The molecule has 3 aromatic rings. The molecule has 0 aliphatic carbocycles. The number of carbonyl (C=O) groups is 2. The maximum absolute atomic E-state index is 13.2. The van der Waals surface area contributed by atoms with E-state index in [2.05, 4.69) is 63.0 Å². The Balaban J connectivity index is 1.57. The van der Waals surface area contributed by atoms with Crippen LogP contribution in [0.2, 0.25) is 0 Å². The van der Waals surface area contributed by atoms with Gasteiger partial charge in [0.05, 0.1) is 6.04 Å². The molecule has 0 fully saturated rings. The van der Waals surface area contributed by atoms with E-state index < -0.39 is 0 Å². The van der Waals surface area contributed by atoms with Crippen molar-refractivity contribution in [2.24, 2.45) is 5.92 Å². The Labute approximate surface area is 212 Å². The summed E-state index contributed by atoms with van der Waals surface area (Å²) in [5.41, 5.74) is 4.59. The third-order valence-electron chi connectivity index (χ3n) is 6.32. The molecule has 0 unspecified atom stereocenters. The van der Waals surface area contributed by atoms with E-state index in [1.165, 1.54) is 11.1 Å².